The Labute approximate surface area is 209 Å². The maximum Gasteiger partial charge on any atom is 0.326 e. The van der Waals surface area contributed by atoms with Crippen LogP contribution < -0.4 is 27.4 Å². The Kier molecular flexibility index (Phi) is 13.1. The number of carboxylic acid groups (broad SMARTS) is 2. The molecule has 0 radical (unpaired) electrons. The van der Waals surface area contributed by atoms with Crippen LogP contribution in [0.1, 0.15) is 51.6 Å². The average Bonchev–Trinajstić information content (AvgIpc) is 3.29. The number of H-pyrrole nitrogens is 1. The monoisotopic (exact) mass is 511 g/mol. The second-order valence-electron chi connectivity index (χ2n) is 8.92. The highest BCUT2D eigenvalue weighted by Crippen LogP contribution is 2.09. The molecule has 4 unspecified atom stereocenters. The molecule has 1 aromatic heterocycles. The van der Waals surface area contributed by atoms with E-state index in [4.69, 9.17) is 16.6 Å². The van der Waals surface area contributed by atoms with Crippen molar-refractivity contribution in [2.24, 2.45) is 17.4 Å². The Bertz CT molecular complexity index is 876. The van der Waals surface area contributed by atoms with E-state index in [0.29, 0.717) is 25.1 Å². The number of rotatable bonds is 17. The molecule has 0 bridgehead atoms. The fourth-order valence-electron chi connectivity index (χ4n) is 3.39. The first-order valence-electron chi connectivity index (χ1n) is 11.7. The molecule has 36 heavy (non-hydrogen) atoms. The van der Waals surface area contributed by atoms with E-state index in [9.17, 15) is 29.1 Å². The van der Waals surface area contributed by atoms with E-state index in [1.54, 1.807) is 13.8 Å². The molecule has 0 aliphatic carbocycles. The molecule has 0 fully saturated rings. The molecular formula is C22H37N7O7. The number of carbonyl (C=O) groups excluding carboxylic acids is 3. The van der Waals surface area contributed by atoms with Crippen LogP contribution in [0.4, 0.5) is 0 Å². The van der Waals surface area contributed by atoms with Crippen molar-refractivity contribution in [3.8, 4) is 0 Å². The van der Waals surface area contributed by atoms with Gasteiger partial charge < -0.3 is 42.6 Å². The number of amides is 3. The van der Waals surface area contributed by atoms with Crippen molar-refractivity contribution in [1.82, 2.24) is 25.9 Å². The van der Waals surface area contributed by atoms with Gasteiger partial charge in [-0.2, -0.15) is 0 Å². The van der Waals surface area contributed by atoms with Crippen LogP contribution in [0.5, 0.6) is 0 Å². The van der Waals surface area contributed by atoms with Gasteiger partial charge in [-0.05, 0) is 38.1 Å². The number of imidazole rings is 1. The van der Waals surface area contributed by atoms with E-state index < -0.39 is 60.2 Å². The minimum atomic E-state index is -1.66. The summed E-state index contributed by atoms with van der Waals surface area (Å²) in [5.74, 6) is -5.06. The molecule has 14 heteroatoms. The number of aliphatic carboxylic acids is 2. The quantitative estimate of drug-likeness (QED) is 0.112. The number of hydrogen-bond acceptors (Lipinski definition) is 8. The molecule has 14 nitrogen and oxygen atoms in total. The first kappa shape index (κ1) is 30.5. The molecular weight excluding hydrogens is 474 g/mol. The summed E-state index contributed by atoms with van der Waals surface area (Å²) in [6.07, 6.45) is 3.84. The average molecular weight is 512 g/mol. The largest absolute Gasteiger partial charge is 0.481 e. The molecule has 0 saturated carbocycles. The van der Waals surface area contributed by atoms with E-state index in [2.05, 4.69) is 25.9 Å². The van der Waals surface area contributed by atoms with Gasteiger partial charge in [-0.3, -0.25) is 19.2 Å². The molecule has 1 aromatic rings. The summed E-state index contributed by atoms with van der Waals surface area (Å²) >= 11 is 0. The van der Waals surface area contributed by atoms with Gasteiger partial charge in [-0.1, -0.05) is 13.8 Å². The van der Waals surface area contributed by atoms with Crippen molar-refractivity contribution in [3.05, 3.63) is 18.2 Å². The van der Waals surface area contributed by atoms with Crippen LogP contribution >= 0.6 is 0 Å². The lowest BCUT2D eigenvalue weighted by Crippen LogP contribution is -2.57. The summed E-state index contributed by atoms with van der Waals surface area (Å²) in [7, 11) is 0. The van der Waals surface area contributed by atoms with E-state index in [1.165, 1.54) is 12.5 Å². The third-order valence-electron chi connectivity index (χ3n) is 5.24. The molecule has 1 heterocycles. The number of nitrogens with two attached hydrogens (primary N) is 2. The highest BCUT2D eigenvalue weighted by Gasteiger charge is 2.31. The molecule has 0 spiro atoms. The Morgan fingerprint density at radius 1 is 0.972 bits per heavy atom. The smallest absolute Gasteiger partial charge is 0.326 e. The number of aromatic amines is 1. The minimum Gasteiger partial charge on any atom is -0.481 e. The molecule has 0 aliphatic heterocycles. The molecule has 4 atom stereocenters. The third kappa shape index (κ3) is 11.3. The van der Waals surface area contributed by atoms with E-state index >= 15 is 0 Å². The normalized spacial score (nSPS) is 14.4. The summed E-state index contributed by atoms with van der Waals surface area (Å²) in [6, 6.07) is -4.80. The summed E-state index contributed by atoms with van der Waals surface area (Å²) in [6.45, 7) is 3.99. The highest BCUT2D eigenvalue weighted by atomic mass is 16.4. The van der Waals surface area contributed by atoms with Gasteiger partial charge in [0.25, 0.3) is 0 Å². The zero-order chi connectivity index (χ0) is 27.3. The number of nitrogens with one attached hydrogen (secondary N) is 4. The topological polar surface area (TPSA) is 243 Å². The van der Waals surface area contributed by atoms with Crippen LogP contribution in [-0.2, 0) is 30.4 Å². The number of carbonyl (C=O) groups is 5. The lowest BCUT2D eigenvalue weighted by molar-refractivity contribution is -0.147. The predicted octanol–water partition coefficient (Wildman–Crippen LogP) is -1.53. The molecule has 202 valence electrons. The maximum absolute atomic E-state index is 13.1. The molecule has 10 N–H and O–H groups in total. The van der Waals surface area contributed by atoms with Crippen LogP contribution in [0.3, 0.4) is 0 Å². The van der Waals surface area contributed by atoms with Crippen molar-refractivity contribution in [2.45, 2.75) is 76.5 Å². The standard InChI is InChI=1S/C22H37N7O7/c1-12(2)7-16(21(34)29-17(22(35)36)9-18(30)31)28-20(33)15(5-3-4-6-23)27-19(32)14(24)8-13-10-25-11-26-13/h10-12,14-17H,3-9,23-24H2,1-2H3,(H,25,26)(H,27,32)(H,28,33)(H,29,34)(H,30,31)(H,35,36). The Hall–Kier alpha value is -3.52. The van der Waals surface area contributed by atoms with Gasteiger partial charge in [-0.15, -0.1) is 0 Å². The predicted molar refractivity (Wildman–Crippen MR) is 128 cm³/mol. The van der Waals surface area contributed by atoms with Gasteiger partial charge >= 0.3 is 11.9 Å². The van der Waals surface area contributed by atoms with Crippen molar-refractivity contribution in [3.63, 3.8) is 0 Å². The molecule has 0 saturated heterocycles. The fraction of sp³-hybridized carbons (Fsp3) is 0.636. The van der Waals surface area contributed by atoms with Gasteiger partial charge in [0.05, 0.1) is 18.8 Å². The SMILES string of the molecule is CC(C)CC(NC(=O)C(CCCCN)NC(=O)C(N)Cc1cnc[nH]1)C(=O)NC(CC(=O)O)C(=O)O. The van der Waals surface area contributed by atoms with Crippen molar-refractivity contribution in [1.29, 1.82) is 0 Å². The van der Waals surface area contributed by atoms with Gasteiger partial charge in [0.2, 0.25) is 17.7 Å². The molecule has 0 aromatic carbocycles. The first-order valence-corrected chi connectivity index (χ1v) is 11.7. The molecule has 3 amide bonds. The molecule has 0 aliphatic rings. The third-order valence-corrected chi connectivity index (χ3v) is 5.24. The second kappa shape index (κ2) is 15.5. The Morgan fingerprint density at radius 3 is 2.11 bits per heavy atom. The van der Waals surface area contributed by atoms with Crippen LogP contribution in [-0.4, -0.2) is 80.6 Å². The summed E-state index contributed by atoms with van der Waals surface area (Å²) in [5, 5.41) is 25.5. The maximum atomic E-state index is 13.1. The van der Waals surface area contributed by atoms with E-state index in [-0.39, 0.29) is 25.2 Å². The lowest BCUT2D eigenvalue weighted by Gasteiger charge is -2.26. The number of carboxylic acids is 2. The summed E-state index contributed by atoms with van der Waals surface area (Å²) in [4.78, 5) is 67.6. The van der Waals surface area contributed by atoms with Crippen molar-refractivity contribution in [2.75, 3.05) is 6.54 Å². The van der Waals surface area contributed by atoms with Gasteiger partial charge in [0.15, 0.2) is 0 Å². The van der Waals surface area contributed by atoms with Crippen LogP contribution in [0, 0.1) is 5.92 Å². The Morgan fingerprint density at radius 2 is 1.58 bits per heavy atom. The first-order chi connectivity index (χ1) is 16.9. The second-order valence-corrected chi connectivity index (χ2v) is 8.92. The minimum absolute atomic E-state index is 0.0723. The van der Waals surface area contributed by atoms with Gasteiger partial charge in [0, 0.05) is 18.3 Å². The number of aromatic nitrogens is 2. The zero-order valence-corrected chi connectivity index (χ0v) is 20.5. The zero-order valence-electron chi connectivity index (χ0n) is 20.5. The molecule has 1 rings (SSSR count). The van der Waals surface area contributed by atoms with Crippen molar-refractivity contribution >= 4 is 29.7 Å². The Balaban J connectivity index is 2.95. The number of nitrogens with zero attached hydrogens (tertiary/aromatic N) is 1. The highest BCUT2D eigenvalue weighted by molar-refractivity contribution is 5.94. The van der Waals surface area contributed by atoms with Crippen LogP contribution in [0.25, 0.3) is 0 Å². The van der Waals surface area contributed by atoms with Gasteiger partial charge in [0.1, 0.15) is 18.1 Å². The van der Waals surface area contributed by atoms with Gasteiger partial charge in [-0.25, -0.2) is 9.78 Å². The number of unbranched alkanes of at least 4 members (excludes halogenated alkanes) is 1. The van der Waals surface area contributed by atoms with E-state index in [1.807, 2.05) is 0 Å². The van der Waals surface area contributed by atoms with Crippen molar-refractivity contribution < 1.29 is 34.2 Å². The van der Waals surface area contributed by atoms with Crippen LogP contribution in [0.2, 0.25) is 0 Å². The van der Waals surface area contributed by atoms with Crippen LogP contribution in [0.15, 0.2) is 12.5 Å². The summed E-state index contributed by atoms with van der Waals surface area (Å²) in [5.41, 5.74) is 12.2. The summed E-state index contributed by atoms with van der Waals surface area (Å²) < 4.78 is 0. The lowest BCUT2D eigenvalue weighted by atomic mass is 10.0. The number of hydrogen-bond donors (Lipinski definition) is 8. The van der Waals surface area contributed by atoms with E-state index in [0.717, 1.165) is 0 Å². The fourth-order valence-corrected chi connectivity index (χ4v) is 3.39.